The van der Waals surface area contributed by atoms with E-state index in [0.29, 0.717) is 19.3 Å². The summed E-state index contributed by atoms with van der Waals surface area (Å²) in [6.45, 7) is 16.5. The van der Waals surface area contributed by atoms with Gasteiger partial charge in [-0.05, 0) is 63.2 Å². The Morgan fingerprint density at radius 3 is 2.00 bits per heavy atom. The number of nitrogens with one attached hydrogen (secondary N) is 4. The highest BCUT2D eigenvalue weighted by atomic mass is 32.2. The molecule has 12 nitrogen and oxygen atoms in total. The van der Waals surface area contributed by atoms with Crippen molar-refractivity contribution in [2.75, 3.05) is 19.3 Å². The van der Waals surface area contributed by atoms with Crippen LogP contribution >= 0.6 is 0 Å². The smallest absolute Gasteiger partial charge is 0.315 e. The Bertz CT molecular complexity index is 1360. The second-order valence-electron chi connectivity index (χ2n) is 16.6. The Morgan fingerprint density at radius 1 is 0.938 bits per heavy atom. The van der Waals surface area contributed by atoms with Gasteiger partial charge in [0.05, 0.1) is 22.1 Å². The Kier molecular flexibility index (Phi) is 13.3. The second-order valence-corrected chi connectivity index (χ2v) is 19.3. The van der Waals surface area contributed by atoms with Gasteiger partial charge in [-0.25, -0.2) is 13.2 Å². The first-order chi connectivity index (χ1) is 21.9. The molecule has 0 bridgehead atoms. The molecule has 272 valence electrons. The quantitative estimate of drug-likeness (QED) is 0.190. The van der Waals surface area contributed by atoms with Crippen LogP contribution in [0.4, 0.5) is 4.79 Å². The van der Waals surface area contributed by atoms with Gasteiger partial charge in [0.25, 0.3) is 5.91 Å². The van der Waals surface area contributed by atoms with Crippen LogP contribution in [0.25, 0.3) is 0 Å². The van der Waals surface area contributed by atoms with Crippen LogP contribution in [-0.4, -0.2) is 90.6 Å². The normalized spacial score (nSPS) is 21.3. The van der Waals surface area contributed by atoms with Crippen molar-refractivity contribution >= 4 is 39.4 Å². The van der Waals surface area contributed by atoms with Crippen molar-refractivity contribution in [3.8, 4) is 12.3 Å². The van der Waals surface area contributed by atoms with Crippen molar-refractivity contribution in [3.05, 3.63) is 0 Å². The average Bonchev–Trinajstić information content (AvgIpc) is 3.42. The van der Waals surface area contributed by atoms with Crippen molar-refractivity contribution in [1.29, 1.82) is 0 Å². The van der Waals surface area contributed by atoms with Gasteiger partial charge in [-0.3, -0.25) is 19.2 Å². The molecule has 0 spiro atoms. The van der Waals surface area contributed by atoms with E-state index in [9.17, 15) is 32.4 Å². The molecule has 1 saturated heterocycles. The van der Waals surface area contributed by atoms with Gasteiger partial charge in [0, 0.05) is 20.0 Å². The summed E-state index contributed by atoms with van der Waals surface area (Å²) in [5.74, 6) is -0.814. The summed E-state index contributed by atoms with van der Waals surface area (Å²) in [5, 5.41) is 10.8. The fraction of sp³-hybridized carbons (Fsp3) is 0.800. The standard InChI is InChI=1S/C35H59N5O7S/c1-12-13-17-24(26(41)29(43)36-11)37-28(42)25-23(32(2,3)4)18-21-40(25)30(44)27(33(5,6)7)38-31(45)39-35(19-15-14-16-20-35)22-48(46,47)34(8,9)10/h1,23-25,27H,13-22H2,2-11H3,(H,36,43)(H,37,42)(H2,38,39,45)/t23?,24?,25?,27-/m1/s1. The predicted molar refractivity (Wildman–Crippen MR) is 186 cm³/mol. The van der Waals surface area contributed by atoms with Crippen LogP contribution in [0, 0.1) is 29.1 Å². The monoisotopic (exact) mass is 693 g/mol. The molecule has 0 aromatic rings. The first kappa shape index (κ1) is 41.0. The van der Waals surface area contributed by atoms with Crippen molar-refractivity contribution in [1.82, 2.24) is 26.2 Å². The van der Waals surface area contributed by atoms with Crippen LogP contribution in [0.3, 0.4) is 0 Å². The molecule has 3 unspecified atom stereocenters. The highest BCUT2D eigenvalue weighted by molar-refractivity contribution is 7.92. The largest absolute Gasteiger partial charge is 0.353 e. The van der Waals surface area contributed by atoms with Gasteiger partial charge in [-0.2, -0.15) is 0 Å². The lowest BCUT2D eigenvalue weighted by Gasteiger charge is -2.41. The van der Waals surface area contributed by atoms with Gasteiger partial charge < -0.3 is 26.2 Å². The minimum atomic E-state index is -3.58. The fourth-order valence-corrected chi connectivity index (χ4v) is 8.16. The number of amides is 5. The molecule has 4 atom stereocenters. The predicted octanol–water partition coefficient (Wildman–Crippen LogP) is 3.09. The molecule has 2 aliphatic rings. The number of likely N-dealkylation sites (tertiary alicyclic amines) is 1. The zero-order chi connectivity index (χ0) is 36.9. The maximum absolute atomic E-state index is 14.4. The number of ketones is 1. The number of carbonyl (C=O) groups excluding carboxylic acids is 5. The van der Waals surface area contributed by atoms with Gasteiger partial charge in [0.1, 0.15) is 12.1 Å². The van der Waals surface area contributed by atoms with E-state index in [0.717, 1.165) is 19.3 Å². The van der Waals surface area contributed by atoms with E-state index in [4.69, 9.17) is 6.42 Å². The van der Waals surface area contributed by atoms with Crippen LogP contribution < -0.4 is 21.3 Å². The maximum atomic E-state index is 14.4. The summed E-state index contributed by atoms with van der Waals surface area (Å²) in [5.41, 5.74) is -2.18. The summed E-state index contributed by atoms with van der Waals surface area (Å²) in [4.78, 5) is 68.7. The van der Waals surface area contributed by atoms with E-state index in [1.807, 2.05) is 20.8 Å². The highest BCUT2D eigenvalue weighted by Crippen LogP contribution is 2.40. The third-order valence-electron chi connectivity index (χ3n) is 9.70. The molecule has 4 N–H and O–H groups in total. The Morgan fingerprint density at radius 2 is 1.52 bits per heavy atom. The minimum absolute atomic E-state index is 0.0500. The van der Waals surface area contributed by atoms with Gasteiger partial charge in [0.2, 0.25) is 17.6 Å². The molecule has 2 rings (SSSR count). The number of Topliss-reactive ketones (excluding diaryl/α,β-unsaturated/α-hetero) is 1. The van der Waals surface area contributed by atoms with Gasteiger partial charge in [0.15, 0.2) is 9.84 Å². The zero-order valence-electron chi connectivity index (χ0n) is 30.7. The number of rotatable bonds is 11. The van der Waals surface area contributed by atoms with Crippen molar-refractivity contribution in [2.45, 2.75) is 142 Å². The van der Waals surface area contributed by atoms with Crippen LogP contribution in [0.15, 0.2) is 0 Å². The lowest BCUT2D eigenvalue weighted by molar-refractivity contribution is -0.145. The SMILES string of the molecule is C#CCCC(NC(=O)C1C(C(C)(C)C)CCN1C(=O)[C@@H](NC(=O)NC1(CS(=O)(=O)C(C)(C)C)CCCCC1)C(C)(C)C)C(=O)C(=O)NC. The third kappa shape index (κ3) is 10.2. The number of carbonyl (C=O) groups is 5. The number of sulfone groups is 1. The maximum Gasteiger partial charge on any atom is 0.315 e. The van der Waals surface area contributed by atoms with Gasteiger partial charge in [-0.15, -0.1) is 12.3 Å². The lowest BCUT2D eigenvalue weighted by Crippen LogP contribution is -2.64. The highest BCUT2D eigenvalue weighted by Gasteiger charge is 2.50. The molecule has 13 heteroatoms. The summed E-state index contributed by atoms with van der Waals surface area (Å²) >= 11 is 0. The van der Waals surface area contributed by atoms with E-state index >= 15 is 0 Å². The van der Waals surface area contributed by atoms with Crippen molar-refractivity contribution in [2.24, 2.45) is 16.7 Å². The fourth-order valence-electron chi connectivity index (χ4n) is 6.64. The van der Waals surface area contributed by atoms with E-state index in [2.05, 4.69) is 27.2 Å². The summed E-state index contributed by atoms with van der Waals surface area (Å²) < 4.78 is 25.6. The molecule has 0 aromatic carbocycles. The third-order valence-corrected chi connectivity index (χ3v) is 12.5. The van der Waals surface area contributed by atoms with E-state index in [1.54, 1.807) is 41.5 Å². The van der Waals surface area contributed by atoms with E-state index < -0.39 is 78.6 Å². The summed E-state index contributed by atoms with van der Waals surface area (Å²) in [6.07, 6.45) is 9.59. The first-order valence-electron chi connectivity index (χ1n) is 17.0. The average molecular weight is 694 g/mol. The Labute approximate surface area is 288 Å². The molecule has 0 aromatic heterocycles. The molecule has 0 radical (unpaired) electrons. The second kappa shape index (κ2) is 15.6. The molecule has 1 heterocycles. The number of urea groups is 1. The number of likely N-dealkylation sites (N-methyl/N-ethyl adjacent to an activating group) is 1. The van der Waals surface area contributed by atoms with Crippen LogP contribution in [-0.2, 0) is 29.0 Å². The molecule has 1 aliphatic heterocycles. The molecule has 1 saturated carbocycles. The van der Waals surface area contributed by atoms with Crippen molar-refractivity contribution < 1.29 is 32.4 Å². The molecule has 1 aliphatic carbocycles. The van der Waals surface area contributed by atoms with Crippen molar-refractivity contribution in [3.63, 3.8) is 0 Å². The number of hydrogen-bond acceptors (Lipinski definition) is 7. The summed E-state index contributed by atoms with van der Waals surface area (Å²) in [7, 11) is -2.25. The molecular formula is C35H59N5O7S. The molecule has 48 heavy (non-hydrogen) atoms. The van der Waals surface area contributed by atoms with E-state index in [1.165, 1.54) is 11.9 Å². The Hall–Kier alpha value is -3.14. The Balaban J connectivity index is 2.43. The molecular weight excluding hydrogens is 634 g/mol. The van der Waals surface area contributed by atoms with Gasteiger partial charge >= 0.3 is 6.03 Å². The number of terminal acetylenes is 1. The van der Waals surface area contributed by atoms with Crippen LogP contribution in [0.5, 0.6) is 0 Å². The summed E-state index contributed by atoms with van der Waals surface area (Å²) in [6, 6.07) is -3.88. The zero-order valence-corrected chi connectivity index (χ0v) is 31.5. The first-order valence-corrected chi connectivity index (χ1v) is 18.7. The van der Waals surface area contributed by atoms with Crippen LogP contribution in [0.1, 0.15) is 114 Å². The van der Waals surface area contributed by atoms with Crippen LogP contribution in [0.2, 0.25) is 0 Å². The number of nitrogens with zero attached hydrogens (tertiary/aromatic N) is 1. The van der Waals surface area contributed by atoms with Gasteiger partial charge in [-0.1, -0.05) is 60.8 Å². The molecule has 2 fully saturated rings. The van der Waals surface area contributed by atoms with E-state index in [-0.39, 0.29) is 31.1 Å². The topological polar surface area (TPSA) is 171 Å². The lowest BCUT2D eigenvalue weighted by atomic mass is 9.75. The number of hydrogen-bond donors (Lipinski definition) is 4. The minimum Gasteiger partial charge on any atom is -0.353 e. The molecule has 5 amide bonds.